The fourth-order valence-corrected chi connectivity index (χ4v) is 2.60. The summed E-state index contributed by atoms with van der Waals surface area (Å²) in [4.78, 5) is 0. The highest BCUT2D eigenvalue weighted by Gasteiger charge is 2.32. The van der Waals surface area contributed by atoms with Gasteiger partial charge in [0, 0.05) is 25.9 Å². The van der Waals surface area contributed by atoms with Gasteiger partial charge in [0.2, 0.25) is 0 Å². The van der Waals surface area contributed by atoms with E-state index in [9.17, 15) is 0 Å². The number of nitrogens with one attached hydrogen (secondary N) is 1. The minimum atomic E-state index is 0.115. The largest absolute Gasteiger partial charge is 0.376 e. The lowest BCUT2D eigenvalue weighted by molar-refractivity contribution is -0.0355. The van der Waals surface area contributed by atoms with E-state index in [0.717, 1.165) is 26.0 Å². The van der Waals surface area contributed by atoms with Crippen molar-refractivity contribution < 1.29 is 4.74 Å². The van der Waals surface area contributed by atoms with Gasteiger partial charge in [-0.15, -0.1) is 0 Å². The summed E-state index contributed by atoms with van der Waals surface area (Å²) in [5, 5.41) is 7.92. The van der Waals surface area contributed by atoms with E-state index in [2.05, 4.69) is 51.2 Å². The highest BCUT2D eigenvalue weighted by molar-refractivity contribution is 5.08. The normalized spacial score (nSPS) is 15.3. The van der Waals surface area contributed by atoms with Crippen LogP contribution in [0.15, 0.2) is 12.4 Å². The van der Waals surface area contributed by atoms with Crippen LogP contribution in [-0.2, 0) is 18.2 Å². The lowest BCUT2D eigenvalue weighted by Gasteiger charge is -2.37. The Labute approximate surface area is 123 Å². The summed E-state index contributed by atoms with van der Waals surface area (Å²) >= 11 is 0. The van der Waals surface area contributed by atoms with Crippen LogP contribution in [-0.4, -0.2) is 35.1 Å². The first-order valence-corrected chi connectivity index (χ1v) is 7.71. The van der Waals surface area contributed by atoms with Gasteiger partial charge in [-0.1, -0.05) is 27.7 Å². The molecule has 1 heterocycles. The maximum Gasteiger partial charge on any atom is 0.0779 e. The molecule has 0 amide bonds. The summed E-state index contributed by atoms with van der Waals surface area (Å²) in [6, 6.07) is 0.319. The highest BCUT2D eigenvalue weighted by Crippen LogP contribution is 2.26. The van der Waals surface area contributed by atoms with Crippen molar-refractivity contribution >= 4 is 0 Å². The van der Waals surface area contributed by atoms with E-state index in [0.29, 0.717) is 6.04 Å². The molecule has 4 nitrogen and oxygen atoms in total. The van der Waals surface area contributed by atoms with E-state index in [4.69, 9.17) is 4.74 Å². The molecule has 0 spiro atoms. The monoisotopic (exact) mass is 281 g/mol. The van der Waals surface area contributed by atoms with E-state index >= 15 is 0 Å². The first kappa shape index (κ1) is 17.2. The van der Waals surface area contributed by atoms with Crippen LogP contribution in [0.1, 0.15) is 46.6 Å². The average molecular weight is 281 g/mol. The zero-order chi connectivity index (χ0) is 15.2. The topological polar surface area (TPSA) is 39.1 Å². The van der Waals surface area contributed by atoms with Gasteiger partial charge in [-0.25, -0.2) is 0 Å². The van der Waals surface area contributed by atoms with Crippen molar-refractivity contribution in [3.05, 3.63) is 18.0 Å². The molecule has 2 atom stereocenters. The van der Waals surface area contributed by atoms with Gasteiger partial charge in [0.1, 0.15) is 0 Å². The van der Waals surface area contributed by atoms with Crippen LogP contribution in [0.2, 0.25) is 0 Å². The number of hydrogen-bond donors (Lipinski definition) is 1. The van der Waals surface area contributed by atoms with Crippen LogP contribution in [0.3, 0.4) is 0 Å². The minimum absolute atomic E-state index is 0.115. The average Bonchev–Trinajstić information content (AvgIpc) is 2.76. The van der Waals surface area contributed by atoms with Gasteiger partial charge in [-0.3, -0.25) is 4.68 Å². The van der Waals surface area contributed by atoms with Gasteiger partial charge in [0.15, 0.2) is 0 Å². The van der Waals surface area contributed by atoms with Gasteiger partial charge >= 0.3 is 0 Å². The third-order valence-corrected chi connectivity index (χ3v) is 3.44. The predicted molar refractivity (Wildman–Crippen MR) is 83.9 cm³/mol. The second-order valence-corrected chi connectivity index (χ2v) is 6.53. The fraction of sp³-hybridized carbons (Fsp3) is 0.812. The quantitative estimate of drug-likeness (QED) is 0.796. The number of rotatable bonds is 8. The van der Waals surface area contributed by atoms with Gasteiger partial charge in [-0.2, -0.15) is 5.10 Å². The highest BCUT2D eigenvalue weighted by atomic mass is 16.5. The Balaban J connectivity index is 2.84. The van der Waals surface area contributed by atoms with Crippen LogP contribution in [0, 0.1) is 5.41 Å². The molecule has 1 aromatic heterocycles. The van der Waals surface area contributed by atoms with Crippen LogP contribution in [0.4, 0.5) is 0 Å². The van der Waals surface area contributed by atoms with Crippen LogP contribution >= 0.6 is 0 Å². The van der Waals surface area contributed by atoms with Crippen LogP contribution < -0.4 is 5.32 Å². The second kappa shape index (κ2) is 7.79. The Bertz CT molecular complexity index is 381. The number of nitrogens with zero attached hydrogens (tertiary/aromatic N) is 2. The van der Waals surface area contributed by atoms with Crippen LogP contribution in [0.5, 0.6) is 0 Å². The molecule has 1 rings (SSSR count). The van der Waals surface area contributed by atoms with E-state index in [1.165, 1.54) is 5.56 Å². The predicted octanol–water partition coefficient (Wildman–Crippen LogP) is 2.78. The summed E-state index contributed by atoms with van der Waals surface area (Å²) in [5.74, 6) is 0. The Kier molecular flexibility index (Phi) is 6.69. The first-order valence-electron chi connectivity index (χ1n) is 7.71. The zero-order valence-corrected chi connectivity index (χ0v) is 13.9. The van der Waals surface area contributed by atoms with Crippen molar-refractivity contribution in [2.75, 3.05) is 13.2 Å². The number of ether oxygens (including phenoxy) is 1. The molecule has 0 saturated heterocycles. The Morgan fingerprint density at radius 2 is 2.05 bits per heavy atom. The van der Waals surface area contributed by atoms with E-state index < -0.39 is 0 Å². The molecule has 0 bridgehead atoms. The molecule has 0 radical (unpaired) electrons. The molecule has 0 aliphatic heterocycles. The molecule has 20 heavy (non-hydrogen) atoms. The van der Waals surface area contributed by atoms with E-state index in [-0.39, 0.29) is 11.5 Å². The fourth-order valence-electron chi connectivity index (χ4n) is 2.60. The van der Waals surface area contributed by atoms with Crippen molar-refractivity contribution in [1.82, 2.24) is 15.1 Å². The Hall–Kier alpha value is -0.870. The Morgan fingerprint density at radius 1 is 1.35 bits per heavy atom. The molecule has 4 heteroatoms. The molecule has 116 valence electrons. The summed E-state index contributed by atoms with van der Waals surface area (Å²) in [6.07, 6.45) is 6.32. The van der Waals surface area contributed by atoms with Crippen molar-refractivity contribution in [3.8, 4) is 0 Å². The first-order chi connectivity index (χ1) is 9.38. The minimum Gasteiger partial charge on any atom is -0.376 e. The third kappa shape index (κ3) is 5.25. The van der Waals surface area contributed by atoms with Gasteiger partial charge in [-0.05, 0) is 37.3 Å². The van der Waals surface area contributed by atoms with Gasteiger partial charge in [0.05, 0.1) is 12.3 Å². The van der Waals surface area contributed by atoms with Crippen LogP contribution in [0.25, 0.3) is 0 Å². The summed E-state index contributed by atoms with van der Waals surface area (Å²) in [5.41, 5.74) is 1.37. The molecule has 1 aromatic rings. The standard InChI is InChI=1S/C16H31N3O/c1-7-9-17-14(10-13-11-18-19(6)12-13)15(20-8-2)16(3,4)5/h11-12,14-15,17H,7-10H2,1-6H3. The number of aryl methyl sites for hydroxylation is 1. The lowest BCUT2D eigenvalue weighted by Crippen LogP contribution is -2.49. The third-order valence-electron chi connectivity index (χ3n) is 3.44. The molecular weight excluding hydrogens is 250 g/mol. The van der Waals surface area contributed by atoms with Gasteiger partial charge in [0.25, 0.3) is 0 Å². The molecule has 2 unspecified atom stereocenters. The molecular formula is C16H31N3O. The summed E-state index contributed by atoms with van der Waals surface area (Å²) < 4.78 is 7.92. The van der Waals surface area contributed by atoms with Gasteiger partial charge < -0.3 is 10.1 Å². The number of hydrogen-bond acceptors (Lipinski definition) is 3. The Morgan fingerprint density at radius 3 is 2.50 bits per heavy atom. The smallest absolute Gasteiger partial charge is 0.0779 e. The molecule has 0 fully saturated rings. The number of aromatic nitrogens is 2. The molecule has 1 N–H and O–H groups in total. The zero-order valence-electron chi connectivity index (χ0n) is 13.9. The SMILES string of the molecule is CCCNC(Cc1cnn(C)c1)C(OCC)C(C)(C)C. The van der Waals surface area contributed by atoms with Crippen molar-refractivity contribution in [3.63, 3.8) is 0 Å². The maximum atomic E-state index is 6.05. The molecule has 0 saturated carbocycles. The van der Waals surface area contributed by atoms with Crippen molar-refractivity contribution in [2.45, 2.75) is 59.6 Å². The lowest BCUT2D eigenvalue weighted by atomic mass is 9.82. The molecule has 0 aliphatic carbocycles. The maximum absolute atomic E-state index is 6.05. The van der Waals surface area contributed by atoms with Crippen molar-refractivity contribution in [1.29, 1.82) is 0 Å². The molecule has 0 aromatic carbocycles. The summed E-state index contributed by atoms with van der Waals surface area (Å²) in [6.45, 7) is 12.8. The molecule has 0 aliphatic rings. The van der Waals surface area contributed by atoms with Crippen molar-refractivity contribution in [2.24, 2.45) is 12.5 Å². The summed E-state index contributed by atoms with van der Waals surface area (Å²) in [7, 11) is 1.96. The van der Waals surface area contributed by atoms with E-state index in [1.807, 2.05) is 17.9 Å². The second-order valence-electron chi connectivity index (χ2n) is 6.53. The van der Waals surface area contributed by atoms with E-state index in [1.54, 1.807) is 0 Å².